The molecule has 0 saturated heterocycles. The smallest absolute Gasteiger partial charge is 0.253 e. The maximum Gasteiger partial charge on any atom is 0.565 e. The summed E-state index contributed by atoms with van der Waals surface area (Å²) in [5.41, 5.74) is 0. The molecule has 0 saturated carbocycles. The molecule has 0 fully saturated rings. The lowest BCUT2D eigenvalue weighted by molar-refractivity contribution is -0.349. The number of nitro groups is 1. The number of aliphatic imine (C=N–C) groups is 1. The zero-order valence-electron chi connectivity index (χ0n) is 4.52. The highest BCUT2D eigenvalue weighted by Crippen LogP contribution is 1.85. The van der Waals surface area contributed by atoms with Crippen LogP contribution in [-0.4, -0.2) is 10.8 Å². The largest absolute Gasteiger partial charge is 0.565 e. The van der Waals surface area contributed by atoms with Gasteiger partial charge in [0.1, 0.15) is 9.92 Å². The third-order valence-electron chi connectivity index (χ3n) is 0.836. The highest BCUT2D eigenvalue weighted by atomic mass is 16.6. The maximum atomic E-state index is 9.94. The molecule has 0 aromatic rings. The lowest BCUT2D eigenvalue weighted by atomic mass is 10.4. The van der Waals surface area contributed by atoms with E-state index in [1.54, 1.807) is 12.2 Å². The van der Waals surface area contributed by atoms with Gasteiger partial charge in [0.15, 0.2) is 0 Å². The first-order chi connectivity index (χ1) is 4.30. The third kappa shape index (κ3) is 1.22. The minimum absolute atomic E-state index is 0.113. The molecule has 0 bridgehead atoms. The molecule has 4 heteroatoms. The van der Waals surface area contributed by atoms with Crippen LogP contribution in [0.2, 0.25) is 0 Å². The Kier molecular flexibility index (Phi) is 1.40. The van der Waals surface area contributed by atoms with Gasteiger partial charge in [-0.25, -0.2) is 0 Å². The molecule has 1 aliphatic rings. The van der Waals surface area contributed by atoms with E-state index >= 15 is 0 Å². The number of nitrogens with zero attached hydrogens (tertiary/aromatic N) is 2. The van der Waals surface area contributed by atoms with E-state index in [1.165, 1.54) is 12.3 Å². The summed E-state index contributed by atoms with van der Waals surface area (Å²) in [6, 6.07) is 0. The second-order valence-electron chi connectivity index (χ2n) is 1.45. The van der Waals surface area contributed by atoms with Crippen molar-refractivity contribution in [2.24, 2.45) is 0 Å². The molecule has 0 aromatic carbocycles. The average molecular weight is 124 g/mol. The molecule has 45 valence electrons. The lowest BCUT2D eigenvalue weighted by Crippen LogP contribution is -2.14. The number of allylic oxidation sites excluding steroid dienone is 2. The van der Waals surface area contributed by atoms with Gasteiger partial charge < -0.3 is 0 Å². The molecule has 0 N–H and O–H groups in total. The summed E-state index contributed by atoms with van der Waals surface area (Å²) in [6.07, 6.45) is 5.94. The van der Waals surface area contributed by atoms with E-state index in [-0.39, 0.29) is 5.84 Å². The Balaban J connectivity index is 2.84. The van der Waals surface area contributed by atoms with Crippen molar-refractivity contribution in [3.63, 3.8) is 0 Å². The Morgan fingerprint density at radius 2 is 2.33 bits per heavy atom. The van der Waals surface area contributed by atoms with Crippen LogP contribution >= 0.6 is 0 Å². The van der Waals surface area contributed by atoms with E-state index in [1.807, 2.05) is 0 Å². The van der Waals surface area contributed by atoms with Gasteiger partial charge in [-0.3, -0.25) is 10.1 Å². The third-order valence-corrected chi connectivity index (χ3v) is 0.836. The van der Waals surface area contributed by atoms with E-state index in [0.29, 0.717) is 0 Å². The Hall–Kier alpha value is -1.45. The summed E-state index contributed by atoms with van der Waals surface area (Å²) in [6.45, 7) is 0. The fraction of sp³-hybridized carbons (Fsp3) is 0. The van der Waals surface area contributed by atoms with Crippen LogP contribution in [0.5, 0.6) is 0 Å². The first-order valence-electron chi connectivity index (χ1n) is 2.36. The van der Waals surface area contributed by atoms with E-state index in [9.17, 15) is 10.1 Å². The minimum atomic E-state index is -0.528. The normalized spacial score (nSPS) is 15.3. The summed E-state index contributed by atoms with van der Waals surface area (Å²) < 4.78 is 0. The molecular formula is C5H4N2O2+. The quantitative estimate of drug-likeness (QED) is 0.339. The van der Waals surface area contributed by atoms with Crippen LogP contribution in [0.15, 0.2) is 24.4 Å². The topological polar surface area (TPSA) is 57.2 Å². The number of hydrogen-bond donors (Lipinski definition) is 0. The molecule has 0 atom stereocenters. The molecule has 1 radical (unpaired) electrons. The van der Waals surface area contributed by atoms with Crippen LogP contribution in [0.1, 0.15) is 0 Å². The predicted molar refractivity (Wildman–Crippen MR) is 32.4 cm³/mol. The monoisotopic (exact) mass is 124 g/mol. The Morgan fingerprint density at radius 3 is 2.67 bits per heavy atom. The maximum absolute atomic E-state index is 9.94. The number of rotatable bonds is 0. The van der Waals surface area contributed by atoms with Gasteiger partial charge in [-0.15, -0.1) is 0 Å². The molecule has 1 heterocycles. The van der Waals surface area contributed by atoms with Crippen molar-refractivity contribution in [3.8, 4) is 0 Å². The molecule has 0 aromatic heterocycles. The van der Waals surface area contributed by atoms with Crippen molar-refractivity contribution in [1.82, 2.24) is 4.99 Å². The first-order valence-corrected chi connectivity index (χ1v) is 2.36. The van der Waals surface area contributed by atoms with Gasteiger partial charge >= 0.3 is 5.84 Å². The summed E-state index contributed by atoms with van der Waals surface area (Å²) in [5, 5.41) is 9.94. The molecule has 0 amide bonds. The van der Waals surface area contributed by atoms with Gasteiger partial charge in [-0.1, -0.05) is 0 Å². The fourth-order valence-electron chi connectivity index (χ4n) is 0.462. The zero-order valence-corrected chi connectivity index (χ0v) is 4.52. The van der Waals surface area contributed by atoms with Crippen LogP contribution in [0.4, 0.5) is 0 Å². The Bertz CT molecular complexity index is 215. The van der Waals surface area contributed by atoms with Crippen molar-refractivity contribution >= 4 is 5.84 Å². The average Bonchev–Trinajstić information content (AvgIpc) is 1.90. The summed E-state index contributed by atoms with van der Waals surface area (Å²) in [7, 11) is 0. The summed E-state index contributed by atoms with van der Waals surface area (Å²) in [5.74, 6) is -0.113. The van der Waals surface area contributed by atoms with Crippen molar-refractivity contribution < 1.29 is 4.92 Å². The highest BCUT2D eigenvalue weighted by Gasteiger charge is 2.20. The number of hydrogen-bond acceptors (Lipinski definition) is 3. The molecule has 0 spiro atoms. The van der Waals surface area contributed by atoms with Gasteiger partial charge in [0.2, 0.25) is 0 Å². The summed E-state index contributed by atoms with van der Waals surface area (Å²) in [4.78, 5) is 12.9. The molecule has 1 aliphatic heterocycles. The molecule has 1 rings (SSSR count). The van der Waals surface area contributed by atoms with Crippen molar-refractivity contribution in [3.05, 3.63) is 34.5 Å². The molecular weight excluding hydrogens is 120 g/mol. The zero-order chi connectivity index (χ0) is 6.69. The van der Waals surface area contributed by atoms with E-state index in [0.717, 1.165) is 0 Å². The Labute approximate surface area is 51.4 Å². The van der Waals surface area contributed by atoms with Crippen molar-refractivity contribution in [1.29, 1.82) is 0 Å². The van der Waals surface area contributed by atoms with Gasteiger partial charge in [-0.05, 0) is 6.08 Å². The van der Waals surface area contributed by atoms with Crippen LogP contribution in [0.25, 0.3) is 0 Å². The van der Waals surface area contributed by atoms with E-state index in [4.69, 9.17) is 0 Å². The number of amidine groups is 1. The van der Waals surface area contributed by atoms with Crippen LogP contribution in [0, 0.1) is 10.1 Å². The van der Waals surface area contributed by atoms with Crippen LogP contribution in [-0.2, 0) is 0 Å². The van der Waals surface area contributed by atoms with Gasteiger partial charge in [0.25, 0.3) is 6.20 Å². The van der Waals surface area contributed by atoms with Crippen molar-refractivity contribution in [2.45, 2.75) is 0 Å². The standard InChI is InChI=1S/C5H4N2O2/c8-7(9)5-3-1-2-4-6-5/h1-4H/q+1. The molecule has 4 nitrogen and oxygen atoms in total. The second kappa shape index (κ2) is 2.21. The van der Waals surface area contributed by atoms with E-state index < -0.39 is 4.92 Å². The first kappa shape index (κ1) is 5.68. The molecule has 0 unspecified atom stereocenters. The molecule has 9 heavy (non-hydrogen) atoms. The fourth-order valence-corrected chi connectivity index (χ4v) is 0.462. The van der Waals surface area contributed by atoms with Crippen LogP contribution < -0.4 is 4.99 Å². The summed E-state index contributed by atoms with van der Waals surface area (Å²) >= 11 is 0. The van der Waals surface area contributed by atoms with Crippen LogP contribution in [0.3, 0.4) is 0 Å². The second-order valence-corrected chi connectivity index (χ2v) is 1.45. The highest BCUT2D eigenvalue weighted by molar-refractivity contribution is 5.86. The van der Waals surface area contributed by atoms with Gasteiger partial charge in [-0.2, -0.15) is 0 Å². The lowest BCUT2D eigenvalue weighted by Gasteiger charge is -1.77. The predicted octanol–water partition coefficient (Wildman–Crippen LogP) is 0.0809. The van der Waals surface area contributed by atoms with Gasteiger partial charge in [0, 0.05) is 6.08 Å². The van der Waals surface area contributed by atoms with Crippen molar-refractivity contribution in [2.75, 3.05) is 0 Å². The van der Waals surface area contributed by atoms with E-state index in [2.05, 4.69) is 4.99 Å². The Morgan fingerprint density at radius 1 is 1.56 bits per heavy atom. The SMILES string of the molecule is O=[N+]([O-])C1=[N+]C=CC=C1. The van der Waals surface area contributed by atoms with Gasteiger partial charge in [0.05, 0.1) is 6.08 Å². The molecule has 0 aliphatic carbocycles. The minimum Gasteiger partial charge on any atom is -0.253 e.